The molecule has 0 saturated heterocycles. The number of sulfonamides is 1. The lowest BCUT2D eigenvalue weighted by molar-refractivity contribution is 0.322. The molecule has 0 radical (unpaired) electrons. The van der Waals surface area contributed by atoms with Gasteiger partial charge < -0.3 is 5.21 Å². The van der Waals surface area contributed by atoms with E-state index in [1.807, 2.05) is 31.2 Å². The molecule has 0 spiro atoms. The highest BCUT2D eigenvalue weighted by atomic mass is 32.2. The summed E-state index contributed by atoms with van der Waals surface area (Å²) in [5, 5.41) is 22.4. The number of fused-ring (bicyclic) bond motifs is 1. The molecule has 142 valence electrons. The standard InChI is InChI=1S/C18H15N5O3S2/c1-11-2-4-12(5-3-11)17-13(9-20-24)10-23(22-17)18-21-15-7-6-14(28(19,25)26)8-16(15)27-18/h2-10,24H,1H3,(H2,19,25,26)/b20-9+. The maximum absolute atomic E-state index is 11.6. The van der Waals surface area contributed by atoms with Crippen molar-refractivity contribution in [2.75, 3.05) is 0 Å². The van der Waals surface area contributed by atoms with Gasteiger partial charge in [-0.05, 0) is 25.1 Å². The number of rotatable bonds is 4. The highest BCUT2D eigenvalue weighted by molar-refractivity contribution is 7.89. The average molecular weight is 413 g/mol. The summed E-state index contributed by atoms with van der Waals surface area (Å²) in [6.07, 6.45) is 3.01. The Balaban J connectivity index is 1.83. The van der Waals surface area contributed by atoms with Crippen molar-refractivity contribution in [3.05, 3.63) is 59.8 Å². The molecule has 0 unspecified atom stereocenters. The van der Waals surface area contributed by atoms with Crippen LogP contribution < -0.4 is 5.14 Å². The van der Waals surface area contributed by atoms with Crippen molar-refractivity contribution in [3.8, 4) is 16.4 Å². The van der Waals surface area contributed by atoms with Crippen molar-refractivity contribution >= 4 is 37.8 Å². The average Bonchev–Trinajstić information content (AvgIpc) is 3.25. The van der Waals surface area contributed by atoms with E-state index < -0.39 is 10.0 Å². The highest BCUT2D eigenvalue weighted by Gasteiger charge is 2.15. The molecule has 0 fully saturated rings. The van der Waals surface area contributed by atoms with Crippen LogP contribution in [-0.2, 0) is 10.0 Å². The lowest BCUT2D eigenvalue weighted by Gasteiger charge is -1.99. The molecule has 2 aromatic carbocycles. The van der Waals surface area contributed by atoms with Crippen LogP contribution in [0.1, 0.15) is 11.1 Å². The number of hydrogen-bond donors (Lipinski definition) is 2. The zero-order chi connectivity index (χ0) is 19.9. The number of oxime groups is 1. The SMILES string of the molecule is Cc1ccc(-c2nn(-c3nc4ccc(S(N)(=O)=O)cc4s3)cc2/C=N/O)cc1. The molecule has 28 heavy (non-hydrogen) atoms. The summed E-state index contributed by atoms with van der Waals surface area (Å²) in [6, 6.07) is 12.3. The molecule has 0 aliphatic rings. The van der Waals surface area contributed by atoms with Gasteiger partial charge in [0.25, 0.3) is 0 Å². The highest BCUT2D eigenvalue weighted by Crippen LogP contribution is 2.29. The second kappa shape index (κ2) is 6.82. The Labute approximate surface area is 164 Å². The monoisotopic (exact) mass is 413 g/mol. The van der Waals surface area contributed by atoms with E-state index in [2.05, 4.69) is 15.2 Å². The van der Waals surface area contributed by atoms with Crippen LogP contribution in [0.25, 0.3) is 26.6 Å². The Bertz CT molecular complexity index is 1310. The van der Waals surface area contributed by atoms with Gasteiger partial charge >= 0.3 is 0 Å². The second-order valence-corrected chi connectivity index (χ2v) is 8.73. The van der Waals surface area contributed by atoms with Gasteiger partial charge in [0.2, 0.25) is 15.2 Å². The molecule has 4 rings (SSSR count). The van der Waals surface area contributed by atoms with Gasteiger partial charge in [0.05, 0.1) is 21.3 Å². The molecule has 0 bridgehead atoms. The summed E-state index contributed by atoms with van der Waals surface area (Å²) in [7, 11) is -3.79. The van der Waals surface area contributed by atoms with Crippen LogP contribution in [-0.4, -0.2) is 34.6 Å². The van der Waals surface area contributed by atoms with Crippen molar-refractivity contribution < 1.29 is 13.6 Å². The summed E-state index contributed by atoms with van der Waals surface area (Å²) >= 11 is 1.28. The zero-order valence-corrected chi connectivity index (χ0v) is 16.3. The molecule has 0 saturated carbocycles. The Kier molecular flexibility index (Phi) is 4.46. The summed E-state index contributed by atoms with van der Waals surface area (Å²) in [6.45, 7) is 2.00. The number of aromatic nitrogens is 3. The predicted molar refractivity (Wildman–Crippen MR) is 108 cm³/mol. The zero-order valence-electron chi connectivity index (χ0n) is 14.6. The van der Waals surface area contributed by atoms with E-state index in [-0.39, 0.29) is 4.90 Å². The van der Waals surface area contributed by atoms with Crippen LogP contribution in [0.5, 0.6) is 0 Å². The van der Waals surface area contributed by atoms with Gasteiger partial charge in [0, 0.05) is 17.3 Å². The van der Waals surface area contributed by atoms with Crippen molar-refractivity contribution in [3.63, 3.8) is 0 Å². The number of nitrogens with two attached hydrogens (primary N) is 1. The lowest BCUT2D eigenvalue weighted by atomic mass is 10.1. The molecule has 10 heteroatoms. The normalized spacial score (nSPS) is 12.2. The summed E-state index contributed by atoms with van der Waals surface area (Å²) in [4.78, 5) is 4.54. The van der Waals surface area contributed by atoms with Gasteiger partial charge in [0.1, 0.15) is 5.69 Å². The van der Waals surface area contributed by atoms with Gasteiger partial charge in [-0.1, -0.05) is 46.3 Å². The fourth-order valence-corrected chi connectivity index (χ4v) is 4.29. The van der Waals surface area contributed by atoms with Gasteiger partial charge in [-0.25, -0.2) is 23.2 Å². The first kappa shape index (κ1) is 18.3. The molecule has 2 heterocycles. The van der Waals surface area contributed by atoms with E-state index in [1.54, 1.807) is 16.9 Å². The van der Waals surface area contributed by atoms with E-state index in [0.29, 0.717) is 26.6 Å². The van der Waals surface area contributed by atoms with E-state index in [1.165, 1.54) is 29.7 Å². The maximum Gasteiger partial charge on any atom is 0.238 e. The molecule has 2 aromatic heterocycles. The number of nitrogens with zero attached hydrogens (tertiary/aromatic N) is 4. The molecule has 4 aromatic rings. The van der Waals surface area contributed by atoms with Crippen LogP contribution in [0, 0.1) is 6.92 Å². The Morgan fingerprint density at radius 1 is 1.21 bits per heavy atom. The third kappa shape index (κ3) is 3.40. The van der Waals surface area contributed by atoms with Crippen molar-refractivity contribution in [2.45, 2.75) is 11.8 Å². The molecule has 3 N–H and O–H groups in total. The fourth-order valence-electron chi connectivity index (χ4n) is 2.75. The van der Waals surface area contributed by atoms with Crippen LogP contribution in [0.15, 0.2) is 58.7 Å². The number of hydrogen-bond acceptors (Lipinski definition) is 7. The van der Waals surface area contributed by atoms with Gasteiger partial charge in [0.15, 0.2) is 0 Å². The van der Waals surface area contributed by atoms with E-state index in [9.17, 15) is 8.42 Å². The first-order valence-corrected chi connectivity index (χ1v) is 10.5. The maximum atomic E-state index is 11.6. The van der Waals surface area contributed by atoms with Crippen LogP contribution in [0.3, 0.4) is 0 Å². The minimum atomic E-state index is -3.79. The lowest BCUT2D eigenvalue weighted by Crippen LogP contribution is -2.11. The number of benzene rings is 2. The van der Waals surface area contributed by atoms with E-state index in [4.69, 9.17) is 10.3 Å². The van der Waals surface area contributed by atoms with Crippen LogP contribution in [0.2, 0.25) is 0 Å². The minimum Gasteiger partial charge on any atom is -0.411 e. The van der Waals surface area contributed by atoms with Crippen molar-refractivity contribution in [1.29, 1.82) is 0 Å². The Morgan fingerprint density at radius 2 is 1.96 bits per heavy atom. The molecule has 8 nitrogen and oxygen atoms in total. The number of primary sulfonamides is 1. The first-order chi connectivity index (χ1) is 13.3. The van der Waals surface area contributed by atoms with Crippen molar-refractivity contribution in [1.82, 2.24) is 14.8 Å². The largest absolute Gasteiger partial charge is 0.411 e. The number of thiazole rings is 1. The topological polar surface area (TPSA) is 123 Å². The predicted octanol–water partition coefficient (Wildman–Crippen LogP) is 2.91. The van der Waals surface area contributed by atoms with Gasteiger partial charge in [-0.2, -0.15) is 5.10 Å². The Hall–Kier alpha value is -3.08. The molecule has 0 aliphatic carbocycles. The summed E-state index contributed by atoms with van der Waals surface area (Å²) in [5.41, 5.74) is 3.89. The fraction of sp³-hybridized carbons (Fsp3) is 0.0556. The molecule has 0 aliphatic heterocycles. The third-order valence-corrected chi connectivity index (χ3v) is 6.06. The quantitative estimate of drug-likeness (QED) is 0.302. The summed E-state index contributed by atoms with van der Waals surface area (Å²) < 4.78 is 25.4. The minimum absolute atomic E-state index is 0.0316. The van der Waals surface area contributed by atoms with Gasteiger partial charge in [-0.15, -0.1) is 0 Å². The van der Waals surface area contributed by atoms with Crippen LogP contribution >= 0.6 is 11.3 Å². The van der Waals surface area contributed by atoms with Crippen LogP contribution in [0.4, 0.5) is 0 Å². The molecule has 0 atom stereocenters. The van der Waals surface area contributed by atoms with E-state index in [0.717, 1.165) is 11.1 Å². The smallest absolute Gasteiger partial charge is 0.238 e. The number of aryl methyl sites for hydroxylation is 1. The Morgan fingerprint density at radius 3 is 2.64 bits per heavy atom. The molecular formula is C18H15N5O3S2. The first-order valence-electron chi connectivity index (χ1n) is 8.13. The van der Waals surface area contributed by atoms with Gasteiger partial charge in [-0.3, -0.25) is 0 Å². The molecule has 0 amide bonds. The van der Waals surface area contributed by atoms with Crippen molar-refractivity contribution in [2.24, 2.45) is 10.3 Å². The van der Waals surface area contributed by atoms with E-state index >= 15 is 0 Å². The third-order valence-electron chi connectivity index (χ3n) is 4.14. The summed E-state index contributed by atoms with van der Waals surface area (Å²) in [5.74, 6) is 0. The molecular weight excluding hydrogens is 398 g/mol. The second-order valence-electron chi connectivity index (χ2n) is 6.16.